The molecule has 140 valence electrons. The monoisotopic (exact) mass is 358 g/mol. The van der Waals surface area contributed by atoms with Gasteiger partial charge in [0.1, 0.15) is 18.2 Å². The summed E-state index contributed by atoms with van der Waals surface area (Å²) in [6, 6.07) is 7.08. The molecule has 1 aliphatic heterocycles. The number of nitrogens with zero attached hydrogens (tertiary/aromatic N) is 4. The van der Waals surface area contributed by atoms with E-state index in [0.29, 0.717) is 18.7 Å². The molecule has 5 nitrogen and oxygen atoms in total. The number of piperidine rings is 1. The van der Waals surface area contributed by atoms with Crippen molar-refractivity contribution in [3.63, 3.8) is 0 Å². The number of rotatable bonds is 6. The van der Waals surface area contributed by atoms with Crippen LogP contribution in [0, 0.1) is 5.82 Å². The van der Waals surface area contributed by atoms with E-state index in [1.54, 1.807) is 12.3 Å². The van der Waals surface area contributed by atoms with E-state index in [1.165, 1.54) is 6.07 Å². The molecule has 1 aliphatic rings. The summed E-state index contributed by atoms with van der Waals surface area (Å²) in [7, 11) is 1.88. The number of likely N-dealkylation sites (N-methyl/N-ethyl adjacent to an activating group) is 1. The van der Waals surface area contributed by atoms with Gasteiger partial charge in [0.25, 0.3) is 0 Å². The summed E-state index contributed by atoms with van der Waals surface area (Å²) in [5.74, 6) is 0.860. The average Bonchev–Trinajstić information content (AvgIpc) is 3.10. The molecular weight excluding hydrogens is 331 g/mol. The van der Waals surface area contributed by atoms with Crippen LogP contribution in [0.4, 0.5) is 4.39 Å². The van der Waals surface area contributed by atoms with Gasteiger partial charge in [0, 0.05) is 50.6 Å². The van der Waals surface area contributed by atoms with E-state index in [4.69, 9.17) is 0 Å². The van der Waals surface area contributed by atoms with Crippen LogP contribution in [0.25, 0.3) is 0 Å². The van der Waals surface area contributed by atoms with E-state index < -0.39 is 0 Å². The maximum atomic E-state index is 13.9. The maximum Gasteiger partial charge on any atom is 0.242 e. The zero-order valence-corrected chi connectivity index (χ0v) is 15.6. The van der Waals surface area contributed by atoms with Crippen molar-refractivity contribution in [1.82, 2.24) is 19.4 Å². The number of hydrogen-bond donors (Lipinski definition) is 0. The third-order valence-corrected chi connectivity index (χ3v) is 5.20. The minimum atomic E-state index is -0.161. The zero-order valence-electron chi connectivity index (χ0n) is 15.6. The number of benzene rings is 1. The summed E-state index contributed by atoms with van der Waals surface area (Å²) in [6.45, 7) is 4.67. The SMILES string of the molecule is CCc1nccn1CC(=O)N(C)C1CCCN(Cc2ccccc2F)C1. The summed E-state index contributed by atoms with van der Waals surface area (Å²) in [6.07, 6.45) is 6.41. The van der Waals surface area contributed by atoms with Gasteiger partial charge in [-0.15, -0.1) is 0 Å². The fraction of sp³-hybridized carbons (Fsp3) is 0.500. The molecule has 2 aromatic rings. The van der Waals surface area contributed by atoms with Crippen molar-refractivity contribution in [3.8, 4) is 0 Å². The fourth-order valence-electron chi connectivity index (χ4n) is 3.62. The Balaban J connectivity index is 1.59. The van der Waals surface area contributed by atoms with Crippen molar-refractivity contribution < 1.29 is 9.18 Å². The lowest BCUT2D eigenvalue weighted by molar-refractivity contribution is -0.133. The molecular formula is C20H27FN4O. The molecule has 1 atom stereocenters. The second-order valence-electron chi connectivity index (χ2n) is 6.95. The van der Waals surface area contributed by atoms with Crippen molar-refractivity contribution in [2.45, 2.75) is 45.3 Å². The third-order valence-electron chi connectivity index (χ3n) is 5.20. The van der Waals surface area contributed by atoms with Crippen LogP contribution in [-0.2, 0) is 24.3 Å². The number of aromatic nitrogens is 2. The Morgan fingerprint density at radius 2 is 2.19 bits per heavy atom. The molecule has 0 N–H and O–H groups in total. The molecule has 6 heteroatoms. The molecule has 1 amide bonds. The van der Waals surface area contributed by atoms with Gasteiger partial charge in [0.2, 0.25) is 5.91 Å². The number of halogens is 1. The van der Waals surface area contributed by atoms with E-state index in [2.05, 4.69) is 9.88 Å². The van der Waals surface area contributed by atoms with Crippen molar-refractivity contribution >= 4 is 5.91 Å². The van der Waals surface area contributed by atoms with Crippen molar-refractivity contribution in [2.24, 2.45) is 0 Å². The largest absolute Gasteiger partial charge is 0.340 e. The Labute approximate surface area is 154 Å². The summed E-state index contributed by atoms with van der Waals surface area (Å²) in [5.41, 5.74) is 0.716. The van der Waals surface area contributed by atoms with Gasteiger partial charge >= 0.3 is 0 Å². The first-order chi connectivity index (χ1) is 12.6. The van der Waals surface area contributed by atoms with Crippen LogP contribution in [0.15, 0.2) is 36.7 Å². The molecule has 0 spiro atoms. The topological polar surface area (TPSA) is 41.4 Å². The predicted octanol–water partition coefficient (Wildman–Crippen LogP) is 2.71. The van der Waals surface area contributed by atoms with Crippen LogP contribution in [0.3, 0.4) is 0 Å². The molecule has 1 aromatic carbocycles. The standard InChI is InChI=1S/C20H27FN4O/c1-3-19-22-10-12-25(19)15-20(26)23(2)17-8-6-11-24(14-17)13-16-7-4-5-9-18(16)21/h4-5,7,9-10,12,17H,3,6,8,11,13-15H2,1-2H3. The van der Waals surface area contributed by atoms with Crippen molar-refractivity contribution in [2.75, 3.05) is 20.1 Å². The van der Waals surface area contributed by atoms with Gasteiger partial charge < -0.3 is 9.47 Å². The predicted molar refractivity (Wildman–Crippen MR) is 99.1 cm³/mol. The fourth-order valence-corrected chi connectivity index (χ4v) is 3.62. The van der Waals surface area contributed by atoms with E-state index in [1.807, 2.05) is 41.8 Å². The number of hydrogen-bond acceptors (Lipinski definition) is 3. The van der Waals surface area contributed by atoms with Gasteiger partial charge in [-0.2, -0.15) is 0 Å². The highest BCUT2D eigenvalue weighted by atomic mass is 19.1. The van der Waals surface area contributed by atoms with E-state index >= 15 is 0 Å². The van der Waals surface area contributed by atoms with Crippen LogP contribution in [-0.4, -0.2) is 51.4 Å². The molecule has 3 rings (SSSR count). The van der Waals surface area contributed by atoms with Gasteiger partial charge in [-0.05, 0) is 25.5 Å². The third kappa shape index (κ3) is 4.30. The Bertz CT molecular complexity index is 745. The number of carbonyl (C=O) groups is 1. The van der Waals surface area contributed by atoms with Gasteiger partial charge in [0.15, 0.2) is 0 Å². The Morgan fingerprint density at radius 1 is 1.38 bits per heavy atom. The second kappa shape index (κ2) is 8.45. The number of imidazole rings is 1. The molecule has 1 fully saturated rings. The number of aryl methyl sites for hydroxylation is 1. The molecule has 26 heavy (non-hydrogen) atoms. The molecule has 0 saturated carbocycles. The smallest absolute Gasteiger partial charge is 0.242 e. The van der Waals surface area contributed by atoms with E-state index in [0.717, 1.165) is 38.2 Å². The van der Waals surface area contributed by atoms with Crippen LogP contribution in [0.1, 0.15) is 31.2 Å². The van der Waals surface area contributed by atoms with Crippen molar-refractivity contribution in [3.05, 3.63) is 53.9 Å². The number of carbonyl (C=O) groups excluding carboxylic acids is 1. The first-order valence-electron chi connectivity index (χ1n) is 9.30. The minimum Gasteiger partial charge on any atom is -0.340 e. The zero-order chi connectivity index (χ0) is 18.5. The van der Waals surface area contributed by atoms with E-state index in [-0.39, 0.29) is 17.8 Å². The number of amides is 1. The number of likely N-dealkylation sites (tertiary alicyclic amines) is 1. The molecule has 2 heterocycles. The second-order valence-corrected chi connectivity index (χ2v) is 6.95. The van der Waals surface area contributed by atoms with Crippen LogP contribution in [0.2, 0.25) is 0 Å². The summed E-state index contributed by atoms with van der Waals surface area (Å²) in [5, 5.41) is 0. The quantitative estimate of drug-likeness (QED) is 0.797. The van der Waals surface area contributed by atoms with Gasteiger partial charge in [-0.1, -0.05) is 25.1 Å². The van der Waals surface area contributed by atoms with Crippen molar-refractivity contribution in [1.29, 1.82) is 0 Å². The maximum absolute atomic E-state index is 13.9. The molecule has 1 saturated heterocycles. The lowest BCUT2D eigenvalue weighted by atomic mass is 10.0. The highest BCUT2D eigenvalue weighted by Gasteiger charge is 2.26. The highest BCUT2D eigenvalue weighted by Crippen LogP contribution is 2.19. The van der Waals surface area contributed by atoms with Crippen LogP contribution in [0.5, 0.6) is 0 Å². The Morgan fingerprint density at radius 3 is 2.96 bits per heavy atom. The Kier molecular flexibility index (Phi) is 6.04. The summed E-state index contributed by atoms with van der Waals surface area (Å²) in [4.78, 5) is 21.1. The van der Waals surface area contributed by atoms with Crippen LogP contribution >= 0.6 is 0 Å². The van der Waals surface area contributed by atoms with Gasteiger partial charge in [-0.3, -0.25) is 9.69 Å². The van der Waals surface area contributed by atoms with E-state index in [9.17, 15) is 9.18 Å². The lowest BCUT2D eigenvalue weighted by Gasteiger charge is -2.37. The average molecular weight is 358 g/mol. The Hall–Kier alpha value is -2.21. The molecule has 0 aliphatic carbocycles. The first-order valence-corrected chi connectivity index (χ1v) is 9.30. The minimum absolute atomic E-state index is 0.0930. The van der Waals surface area contributed by atoms with Crippen LogP contribution < -0.4 is 0 Å². The summed E-state index contributed by atoms with van der Waals surface area (Å²) < 4.78 is 15.8. The summed E-state index contributed by atoms with van der Waals surface area (Å²) >= 11 is 0. The van der Waals surface area contributed by atoms with Gasteiger partial charge in [-0.25, -0.2) is 9.37 Å². The molecule has 1 aromatic heterocycles. The molecule has 1 unspecified atom stereocenters. The normalized spacial score (nSPS) is 18.0. The highest BCUT2D eigenvalue weighted by molar-refractivity contribution is 5.76. The molecule has 0 bridgehead atoms. The lowest BCUT2D eigenvalue weighted by Crippen LogP contribution is -2.49. The molecule has 0 radical (unpaired) electrons. The van der Waals surface area contributed by atoms with Gasteiger partial charge in [0.05, 0.1) is 0 Å². The first kappa shape index (κ1) is 18.6.